The van der Waals surface area contributed by atoms with E-state index in [0.29, 0.717) is 5.56 Å². The lowest BCUT2D eigenvalue weighted by atomic mass is 10.0. The van der Waals surface area contributed by atoms with Gasteiger partial charge in [0.25, 0.3) is 0 Å². The summed E-state index contributed by atoms with van der Waals surface area (Å²) in [5, 5.41) is 0. The quantitative estimate of drug-likeness (QED) is 0.712. The van der Waals surface area contributed by atoms with E-state index in [4.69, 9.17) is 0 Å². The van der Waals surface area contributed by atoms with Gasteiger partial charge in [0.1, 0.15) is 0 Å². The number of hydrogen-bond donors (Lipinski definition) is 0. The monoisotopic (exact) mass is 257 g/mol. The Bertz CT molecular complexity index is 567. The molecule has 0 N–H and O–H groups in total. The summed E-state index contributed by atoms with van der Waals surface area (Å²) in [4.78, 5) is 0. The van der Waals surface area contributed by atoms with Crippen LogP contribution in [0.5, 0.6) is 0 Å². The molecule has 0 bridgehead atoms. The van der Waals surface area contributed by atoms with Gasteiger partial charge in [-0.05, 0) is 23.6 Å². The SMILES string of the molecule is CC(C)c1cc(F)c(F)c(-n2cc(F)c(F)c2)c1. The number of rotatable bonds is 2. The van der Waals surface area contributed by atoms with Gasteiger partial charge in [0, 0.05) is 12.4 Å². The van der Waals surface area contributed by atoms with Crippen molar-refractivity contribution in [2.45, 2.75) is 19.8 Å². The van der Waals surface area contributed by atoms with Gasteiger partial charge in [-0.3, -0.25) is 0 Å². The predicted molar refractivity (Wildman–Crippen MR) is 59.7 cm³/mol. The van der Waals surface area contributed by atoms with E-state index in [1.54, 1.807) is 0 Å². The van der Waals surface area contributed by atoms with Crippen molar-refractivity contribution in [2.75, 3.05) is 0 Å². The van der Waals surface area contributed by atoms with Crippen LogP contribution in [0.1, 0.15) is 25.3 Å². The summed E-state index contributed by atoms with van der Waals surface area (Å²) < 4.78 is 53.8. The van der Waals surface area contributed by atoms with Crippen molar-refractivity contribution in [3.8, 4) is 5.69 Å². The normalized spacial score (nSPS) is 11.3. The van der Waals surface area contributed by atoms with Gasteiger partial charge in [-0.25, -0.2) is 17.6 Å². The molecule has 18 heavy (non-hydrogen) atoms. The van der Waals surface area contributed by atoms with Crippen LogP contribution in [0.15, 0.2) is 24.5 Å². The summed E-state index contributed by atoms with van der Waals surface area (Å²) in [6.45, 7) is 3.63. The summed E-state index contributed by atoms with van der Waals surface area (Å²) in [7, 11) is 0. The molecule has 1 nitrogen and oxygen atoms in total. The van der Waals surface area contributed by atoms with Crippen molar-refractivity contribution in [3.05, 3.63) is 53.4 Å². The lowest BCUT2D eigenvalue weighted by Crippen LogP contribution is -2.01. The Kier molecular flexibility index (Phi) is 3.15. The highest BCUT2D eigenvalue weighted by Crippen LogP contribution is 2.24. The standard InChI is InChI=1S/C13H11F4N/c1-7(2)8-3-9(14)13(17)12(4-8)18-5-10(15)11(16)6-18/h3-7H,1-2H3. The van der Waals surface area contributed by atoms with Crippen molar-refractivity contribution in [1.29, 1.82) is 0 Å². The van der Waals surface area contributed by atoms with E-state index in [1.165, 1.54) is 6.07 Å². The minimum atomic E-state index is -1.13. The van der Waals surface area contributed by atoms with Crippen molar-refractivity contribution in [2.24, 2.45) is 0 Å². The third-order valence-corrected chi connectivity index (χ3v) is 2.71. The van der Waals surface area contributed by atoms with E-state index in [1.807, 2.05) is 13.8 Å². The highest BCUT2D eigenvalue weighted by Gasteiger charge is 2.16. The van der Waals surface area contributed by atoms with Gasteiger partial charge in [0.15, 0.2) is 23.3 Å². The van der Waals surface area contributed by atoms with E-state index in [9.17, 15) is 17.6 Å². The van der Waals surface area contributed by atoms with E-state index < -0.39 is 23.3 Å². The Morgan fingerprint density at radius 3 is 1.94 bits per heavy atom. The molecule has 2 aromatic rings. The second-order valence-corrected chi connectivity index (χ2v) is 4.35. The first kappa shape index (κ1) is 12.7. The molecule has 0 fully saturated rings. The highest BCUT2D eigenvalue weighted by molar-refractivity contribution is 5.40. The topological polar surface area (TPSA) is 4.93 Å². The molecule has 2 rings (SSSR count). The molecule has 1 aromatic heterocycles. The molecule has 1 heterocycles. The zero-order valence-corrected chi connectivity index (χ0v) is 9.85. The van der Waals surface area contributed by atoms with Gasteiger partial charge in [0.2, 0.25) is 0 Å². The minimum Gasteiger partial charge on any atom is -0.315 e. The molecule has 0 unspecified atom stereocenters. The third-order valence-electron chi connectivity index (χ3n) is 2.71. The van der Waals surface area contributed by atoms with E-state index in [2.05, 4.69) is 0 Å². The molecule has 0 saturated heterocycles. The number of halogens is 4. The van der Waals surface area contributed by atoms with Gasteiger partial charge >= 0.3 is 0 Å². The Hall–Kier alpha value is -1.78. The molecule has 0 spiro atoms. The van der Waals surface area contributed by atoms with Crippen LogP contribution in [0.3, 0.4) is 0 Å². The average molecular weight is 257 g/mol. The fourth-order valence-electron chi connectivity index (χ4n) is 1.66. The molecule has 0 amide bonds. The predicted octanol–water partition coefficient (Wildman–Crippen LogP) is 4.16. The Morgan fingerprint density at radius 2 is 1.44 bits per heavy atom. The van der Waals surface area contributed by atoms with Gasteiger partial charge < -0.3 is 4.57 Å². The van der Waals surface area contributed by atoms with Crippen LogP contribution in [0, 0.1) is 23.3 Å². The first-order valence-corrected chi connectivity index (χ1v) is 5.42. The lowest BCUT2D eigenvalue weighted by molar-refractivity contribution is 0.501. The lowest BCUT2D eigenvalue weighted by Gasteiger charge is -2.11. The van der Waals surface area contributed by atoms with E-state index in [0.717, 1.165) is 23.0 Å². The van der Waals surface area contributed by atoms with Crippen LogP contribution in [0.2, 0.25) is 0 Å². The highest BCUT2D eigenvalue weighted by atomic mass is 19.2. The van der Waals surface area contributed by atoms with Gasteiger partial charge in [-0.15, -0.1) is 0 Å². The fraction of sp³-hybridized carbons (Fsp3) is 0.231. The van der Waals surface area contributed by atoms with Crippen LogP contribution in [-0.2, 0) is 0 Å². The van der Waals surface area contributed by atoms with Crippen LogP contribution in [0.25, 0.3) is 5.69 Å². The maximum absolute atomic E-state index is 13.6. The molecule has 0 aliphatic heterocycles. The summed E-state index contributed by atoms with van der Waals surface area (Å²) >= 11 is 0. The summed E-state index contributed by atoms with van der Waals surface area (Å²) in [6.07, 6.45) is 1.55. The second kappa shape index (κ2) is 4.48. The first-order valence-electron chi connectivity index (χ1n) is 5.42. The maximum atomic E-state index is 13.6. The van der Waals surface area contributed by atoms with Gasteiger partial charge in [-0.2, -0.15) is 0 Å². The molecular weight excluding hydrogens is 246 g/mol. The van der Waals surface area contributed by atoms with Crippen molar-refractivity contribution in [1.82, 2.24) is 4.57 Å². The van der Waals surface area contributed by atoms with Crippen LogP contribution >= 0.6 is 0 Å². The third kappa shape index (κ3) is 2.12. The smallest absolute Gasteiger partial charge is 0.182 e. The summed E-state index contributed by atoms with van der Waals surface area (Å²) in [5.74, 6) is -4.40. The van der Waals surface area contributed by atoms with Gasteiger partial charge in [0.05, 0.1) is 5.69 Å². The molecule has 96 valence electrons. The molecule has 1 aromatic carbocycles. The van der Waals surface area contributed by atoms with Crippen LogP contribution in [-0.4, -0.2) is 4.57 Å². The zero-order chi connectivity index (χ0) is 13.4. The largest absolute Gasteiger partial charge is 0.315 e. The Labute approximate surface area is 102 Å². The second-order valence-electron chi connectivity index (χ2n) is 4.35. The average Bonchev–Trinajstić information content (AvgIpc) is 2.62. The van der Waals surface area contributed by atoms with Crippen LogP contribution < -0.4 is 0 Å². The Morgan fingerprint density at radius 1 is 0.889 bits per heavy atom. The molecule has 0 aliphatic rings. The molecule has 0 atom stereocenters. The zero-order valence-electron chi connectivity index (χ0n) is 9.85. The molecule has 0 aliphatic carbocycles. The number of nitrogens with zero attached hydrogens (tertiary/aromatic N) is 1. The minimum absolute atomic E-state index is 0.0240. The van der Waals surface area contributed by atoms with E-state index >= 15 is 0 Å². The van der Waals surface area contributed by atoms with Crippen molar-refractivity contribution < 1.29 is 17.6 Å². The number of hydrogen-bond acceptors (Lipinski definition) is 0. The Balaban J connectivity index is 2.62. The van der Waals surface area contributed by atoms with Crippen LogP contribution in [0.4, 0.5) is 17.6 Å². The van der Waals surface area contributed by atoms with E-state index in [-0.39, 0.29) is 11.6 Å². The molecule has 0 saturated carbocycles. The van der Waals surface area contributed by atoms with Gasteiger partial charge in [-0.1, -0.05) is 13.8 Å². The first-order chi connectivity index (χ1) is 8.40. The number of benzene rings is 1. The summed E-state index contributed by atoms with van der Waals surface area (Å²) in [6, 6.07) is 2.46. The molecule has 5 heteroatoms. The maximum Gasteiger partial charge on any atom is 0.182 e. The number of aromatic nitrogens is 1. The fourth-order valence-corrected chi connectivity index (χ4v) is 1.66. The molecular formula is C13H11F4N. The van der Waals surface area contributed by atoms with Crippen molar-refractivity contribution >= 4 is 0 Å². The van der Waals surface area contributed by atoms with Crippen molar-refractivity contribution in [3.63, 3.8) is 0 Å². The summed E-state index contributed by atoms with van der Waals surface area (Å²) in [5.41, 5.74) is 0.347. The molecule has 0 radical (unpaired) electrons.